The van der Waals surface area contributed by atoms with Crippen LogP contribution in [0.2, 0.25) is 5.02 Å². The van der Waals surface area contributed by atoms with Crippen molar-refractivity contribution in [3.05, 3.63) is 29.3 Å². The number of rotatable bonds is 3. The van der Waals surface area contributed by atoms with E-state index in [9.17, 15) is 4.79 Å². The van der Waals surface area contributed by atoms with Gasteiger partial charge in [0.05, 0.1) is 6.61 Å². The molecule has 1 saturated heterocycles. The van der Waals surface area contributed by atoms with Crippen LogP contribution in [0, 0.1) is 0 Å². The summed E-state index contributed by atoms with van der Waals surface area (Å²) >= 11 is 5.86. The van der Waals surface area contributed by atoms with Crippen molar-refractivity contribution in [3.8, 4) is 0 Å². The monoisotopic (exact) mass is 283 g/mol. The normalized spacial score (nSPS) is 17.4. The number of hydrogen-bond donors (Lipinski definition) is 2. The summed E-state index contributed by atoms with van der Waals surface area (Å²) in [5, 5.41) is 9.61. The predicted molar refractivity (Wildman–Crippen MR) is 75.3 cm³/mol. The Labute approximate surface area is 117 Å². The zero-order valence-electron chi connectivity index (χ0n) is 10.6. The summed E-state index contributed by atoms with van der Waals surface area (Å²) in [6.45, 7) is 2.44. The number of amides is 1. The van der Waals surface area contributed by atoms with Gasteiger partial charge in [0, 0.05) is 36.9 Å². The van der Waals surface area contributed by atoms with Gasteiger partial charge in [0.2, 0.25) is 5.91 Å². The van der Waals surface area contributed by atoms with Gasteiger partial charge >= 0.3 is 0 Å². The third-order valence-electron chi connectivity index (χ3n) is 3.30. The van der Waals surface area contributed by atoms with Crippen molar-refractivity contribution in [1.82, 2.24) is 4.90 Å². The topological polar surface area (TPSA) is 69.8 Å². The fourth-order valence-electron chi connectivity index (χ4n) is 2.15. The molecule has 1 aromatic carbocycles. The van der Waals surface area contributed by atoms with Crippen molar-refractivity contribution < 1.29 is 9.90 Å². The smallest absolute Gasteiger partial charge is 0.241 e. The number of anilines is 1. The molecule has 1 atom stereocenters. The quantitative estimate of drug-likeness (QED) is 0.838. The number of aliphatic hydroxyl groups is 1. The maximum absolute atomic E-state index is 11.8. The summed E-state index contributed by atoms with van der Waals surface area (Å²) in [7, 11) is 0. The van der Waals surface area contributed by atoms with E-state index in [1.165, 1.54) is 0 Å². The number of benzene rings is 1. The van der Waals surface area contributed by atoms with E-state index in [2.05, 4.69) is 4.90 Å². The molecule has 1 aliphatic heterocycles. The zero-order chi connectivity index (χ0) is 13.8. The van der Waals surface area contributed by atoms with E-state index in [4.69, 9.17) is 22.4 Å². The molecular weight excluding hydrogens is 266 g/mol. The molecule has 0 bridgehead atoms. The Morgan fingerprint density at radius 3 is 2.37 bits per heavy atom. The summed E-state index contributed by atoms with van der Waals surface area (Å²) < 4.78 is 0. The molecule has 1 heterocycles. The van der Waals surface area contributed by atoms with Gasteiger partial charge in [0.1, 0.15) is 6.04 Å². The van der Waals surface area contributed by atoms with Crippen molar-refractivity contribution in [2.45, 2.75) is 6.04 Å². The van der Waals surface area contributed by atoms with Gasteiger partial charge in [-0.15, -0.1) is 0 Å². The van der Waals surface area contributed by atoms with E-state index in [0.29, 0.717) is 18.1 Å². The summed E-state index contributed by atoms with van der Waals surface area (Å²) in [4.78, 5) is 15.7. The first kappa shape index (κ1) is 14.1. The van der Waals surface area contributed by atoms with Crippen molar-refractivity contribution in [2.75, 3.05) is 37.7 Å². The number of aliphatic hydroxyl groups excluding tert-OH is 1. The molecule has 0 spiro atoms. The van der Waals surface area contributed by atoms with Gasteiger partial charge in [0.25, 0.3) is 0 Å². The maximum Gasteiger partial charge on any atom is 0.241 e. The van der Waals surface area contributed by atoms with Gasteiger partial charge < -0.3 is 20.6 Å². The van der Waals surface area contributed by atoms with Gasteiger partial charge in [-0.2, -0.15) is 0 Å². The standard InChI is InChI=1S/C13H18ClN3O2/c14-10-1-3-11(4-2-10)16-5-7-17(8-6-16)13(19)12(15)9-18/h1-4,12,18H,5-9,15H2. The minimum atomic E-state index is -0.804. The number of carbonyl (C=O) groups excluding carboxylic acids is 1. The van der Waals surface area contributed by atoms with Gasteiger partial charge in [-0.1, -0.05) is 11.6 Å². The van der Waals surface area contributed by atoms with Crippen LogP contribution < -0.4 is 10.6 Å². The molecular formula is C13H18ClN3O2. The van der Waals surface area contributed by atoms with Crippen LogP contribution in [0.1, 0.15) is 0 Å². The Bertz CT molecular complexity index is 430. The van der Waals surface area contributed by atoms with Crippen molar-refractivity contribution in [1.29, 1.82) is 0 Å². The summed E-state index contributed by atoms with van der Waals surface area (Å²) in [5.41, 5.74) is 6.64. The average Bonchev–Trinajstić information content (AvgIpc) is 2.46. The lowest BCUT2D eigenvalue weighted by molar-refractivity contribution is -0.133. The van der Waals surface area contributed by atoms with Crippen LogP contribution in [-0.2, 0) is 4.79 Å². The highest BCUT2D eigenvalue weighted by atomic mass is 35.5. The molecule has 0 radical (unpaired) electrons. The molecule has 3 N–H and O–H groups in total. The van der Waals surface area contributed by atoms with Gasteiger partial charge in [-0.3, -0.25) is 4.79 Å². The van der Waals surface area contributed by atoms with Gasteiger partial charge in [0.15, 0.2) is 0 Å². The molecule has 0 saturated carbocycles. The minimum Gasteiger partial charge on any atom is -0.394 e. The van der Waals surface area contributed by atoms with Crippen LogP contribution in [0.15, 0.2) is 24.3 Å². The number of carbonyl (C=O) groups is 1. The summed E-state index contributed by atoms with van der Waals surface area (Å²) in [6.07, 6.45) is 0. The molecule has 1 aliphatic rings. The fourth-order valence-corrected chi connectivity index (χ4v) is 2.28. The van der Waals surface area contributed by atoms with E-state index in [0.717, 1.165) is 18.8 Å². The number of hydrogen-bond acceptors (Lipinski definition) is 4. The van der Waals surface area contributed by atoms with E-state index < -0.39 is 6.04 Å². The predicted octanol–water partition coefficient (Wildman–Crippen LogP) is 0.308. The highest BCUT2D eigenvalue weighted by Gasteiger charge is 2.24. The van der Waals surface area contributed by atoms with Crippen molar-refractivity contribution in [2.24, 2.45) is 5.73 Å². The molecule has 1 aromatic rings. The lowest BCUT2D eigenvalue weighted by Crippen LogP contribution is -2.54. The van der Waals surface area contributed by atoms with Gasteiger partial charge in [-0.05, 0) is 24.3 Å². The first-order chi connectivity index (χ1) is 9.11. The molecule has 2 rings (SSSR count). The Morgan fingerprint density at radius 2 is 1.84 bits per heavy atom. The first-order valence-electron chi connectivity index (χ1n) is 6.27. The van der Waals surface area contributed by atoms with Crippen LogP contribution in [0.4, 0.5) is 5.69 Å². The summed E-state index contributed by atoms with van der Waals surface area (Å²) in [6, 6.07) is 6.85. The second-order valence-corrected chi connectivity index (χ2v) is 5.01. The molecule has 0 aromatic heterocycles. The van der Waals surface area contributed by atoms with E-state index in [1.54, 1.807) is 4.90 Å². The van der Waals surface area contributed by atoms with E-state index in [-0.39, 0.29) is 12.5 Å². The third kappa shape index (κ3) is 3.37. The van der Waals surface area contributed by atoms with Crippen LogP contribution in [0.3, 0.4) is 0 Å². The van der Waals surface area contributed by atoms with Crippen molar-refractivity contribution >= 4 is 23.2 Å². The fraction of sp³-hybridized carbons (Fsp3) is 0.462. The average molecular weight is 284 g/mol. The third-order valence-corrected chi connectivity index (χ3v) is 3.55. The van der Waals surface area contributed by atoms with Crippen molar-refractivity contribution in [3.63, 3.8) is 0 Å². The highest BCUT2D eigenvalue weighted by molar-refractivity contribution is 6.30. The minimum absolute atomic E-state index is 0.182. The lowest BCUT2D eigenvalue weighted by atomic mass is 10.2. The molecule has 6 heteroatoms. The van der Waals surface area contributed by atoms with Gasteiger partial charge in [-0.25, -0.2) is 0 Å². The molecule has 1 fully saturated rings. The second kappa shape index (κ2) is 6.23. The largest absolute Gasteiger partial charge is 0.394 e. The number of halogens is 1. The molecule has 1 amide bonds. The van der Waals surface area contributed by atoms with Crippen LogP contribution in [0.5, 0.6) is 0 Å². The lowest BCUT2D eigenvalue weighted by Gasteiger charge is -2.37. The molecule has 5 nitrogen and oxygen atoms in total. The highest BCUT2D eigenvalue weighted by Crippen LogP contribution is 2.19. The Hall–Kier alpha value is -1.30. The van der Waals surface area contributed by atoms with Crippen LogP contribution in [0.25, 0.3) is 0 Å². The molecule has 104 valence electrons. The Morgan fingerprint density at radius 1 is 1.26 bits per heavy atom. The SMILES string of the molecule is NC(CO)C(=O)N1CCN(c2ccc(Cl)cc2)CC1. The Kier molecular flexibility index (Phi) is 4.63. The van der Waals surface area contributed by atoms with E-state index in [1.807, 2.05) is 24.3 Å². The Balaban J connectivity index is 1.92. The number of piperazine rings is 1. The number of nitrogens with two attached hydrogens (primary N) is 1. The zero-order valence-corrected chi connectivity index (χ0v) is 11.4. The number of nitrogens with zero attached hydrogens (tertiary/aromatic N) is 2. The maximum atomic E-state index is 11.8. The molecule has 1 unspecified atom stereocenters. The second-order valence-electron chi connectivity index (χ2n) is 4.58. The molecule has 0 aliphatic carbocycles. The van der Waals surface area contributed by atoms with E-state index >= 15 is 0 Å². The van der Waals surface area contributed by atoms with Crippen LogP contribution in [-0.4, -0.2) is 54.7 Å². The molecule has 19 heavy (non-hydrogen) atoms. The summed E-state index contributed by atoms with van der Waals surface area (Å²) in [5.74, 6) is -0.182. The van der Waals surface area contributed by atoms with Crippen LogP contribution >= 0.6 is 11.6 Å². The first-order valence-corrected chi connectivity index (χ1v) is 6.65.